The van der Waals surface area contributed by atoms with Gasteiger partial charge in [-0.2, -0.15) is 0 Å². The maximum Gasteiger partial charge on any atom is 0.308 e. The summed E-state index contributed by atoms with van der Waals surface area (Å²) < 4.78 is 13.4. The Labute approximate surface area is 123 Å². The average Bonchev–Trinajstić information content (AvgIpc) is 2.37. The lowest BCUT2D eigenvalue weighted by Crippen LogP contribution is -2.23. The molecule has 0 bridgehead atoms. The first-order valence-electron chi connectivity index (χ1n) is 5.96. The number of carboxylic acids is 1. The van der Waals surface area contributed by atoms with Crippen LogP contribution in [0, 0.1) is 21.8 Å². The second-order valence-electron chi connectivity index (χ2n) is 4.25. The van der Waals surface area contributed by atoms with Crippen molar-refractivity contribution in [1.82, 2.24) is 0 Å². The molecule has 0 radical (unpaired) electrons. The largest absolute Gasteiger partial charge is 0.481 e. The minimum Gasteiger partial charge on any atom is -0.481 e. The van der Waals surface area contributed by atoms with Crippen LogP contribution in [0.1, 0.15) is 19.8 Å². The minimum atomic E-state index is -0.986. The van der Waals surface area contributed by atoms with Crippen LogP contribution in [0.15, 0.2) is 16.6 Å². The summed E-state index contributed by atoms with van der Waals surface area (Å²) in [5, 5.41) is 22.5. The van der Waals surface area contributed by atoms with Crippen molar-refractivity contribution < 1.29 is 19.2 Å². The monoisotopic (exact) mass is 348 g/mol. The molecule has 1 unspecified atom stereocenters. The van der Waals surface area contributed by atoms with Gasteiger partial charge in [0.2, 0.25) is 0 Å². The second-order valence-corrected chi connectivity index (χ2v) is 5.10. The van der Waals surface area contributed by atoms with Gasteiger partial charge in [-0.3, -0.25) is 14.9 Å². The molecule has 1 rings (SSSR count). The molecule has 0 aliphatic heterocycles. The number of hydrogen-bond donors (Lipinski definition) is 2. The number of anilines is 1. The van der Waals surface area contributed by atoms with Gasteiger partial charge in [-0.05, 0) is 22.4 Å². The predicted molar refractivity (Wildman–Crippen MR) is 75.3 cm³/mol. The smallest absolute Gasteiger partial charge is 0.308 e. The molecule has 0 saturated heterocycles. The molecule has 8 heteroatoms. The summed E-state index contributed by atoms with van der Waals surface area (Å²) in [6.45, 7) is 1.85. The molecule has 110 valence electrons. The van der Waals surface area contributed by atoms with E-state index in [9.17, 15) is 19.3 Å². The van der Waals surface area contributed by atoms with Crippen LogP contribution in [0.4, 0.5) is 15.8 Å². The maximum atomic E-state index is 13.4. The first-order chi connectivity index (χ1) is 9.36. The zero-order valence-corrected chi connectivity index (χ0v) is 12.3. The molecule has 0 aromatic heterocycles. The van der Waals surface area contributed by atoms with E-state index in [1.807, 2.05) is 6.92 Å². The number of hydrogen-bond acceptors (Lipinski definition) is 4. The van der Waals surface area contributed by atoms with Gasteiger partial charge in [-0.15, -0.1) is 0 Å². The number of nitrogens with zero attached hydrogens (tertiary/aromatic N) is 1. The van der Waals surface area contributed by atoms with E-state index in [0.717, 1.165) is 12.1 Å². The number of nitro benzene ring substituents is 1. The van der Waals surface area contributed by atoms with Gasteiger partial charge in [0.1, 0.15) is 11.5 Å². The summed E-state index contributed by atoms with van der Waals surface area (Å²) in [6.07, 6.45) is 1.12. The highest BCUT2D eigenvalue weighted by atomic mass is 79.9. The number of carboxylic acid groups (broad SMARTS) is 1. The fourth-order valence-electron chi connectivity index (χ4n) is 1.72. The summed E-state index contributed by atoms with van der Waals surface area (Å²) >= 11 is 2.88. The zero-order chi connectivity index (χ0) is 15.3. The van der Waals surface area contributed by atoms with Crippen LogP contribution in [0.2, 0.25) is 0 Å². The Morgan fingerprint density at radius 1 is 1.60 bits per heavy atom. The number of carbonyl (C=O) groups is 1. The molecule has 0 heterocycles. The molecule has 1 atom stereocenters. The van der Waals surface area contributed by atoms with Gasteiger partial charge < -0.3 is 10.4 Å². The highest BCUT2D eigenvalue weighted by molar-refractivity contribution is 9.10. The molecule has 1 aromatic rings. The summed E-state index contributed by atoms with van der Waals surface area (Å²) in [5.74, 6) is -2.31. The van der Waals surface area contributed by atoms with Crippen molar-refractivity contribution in [3.8, 4) is 0 Å². The van der Waals surface area contributed by atoms with Gasteiger partial charge in [0.05, 0.1) is 15.3 Å². The van der Waals surface area contributed by atoms with Gasteiger partial charge >= 0.3 is 5.97 Å². The molecule has 1 aromatic carbocycles. The lowest BCUT2D eigenvalue weighted by molar-refractivity contribution is -0.384. The predicted octanol–water partition coefficient (Wildman–Crippen LogP) is 3.41. The van der Waals surface area contributed by atoms with E-state index in [1.54, 1.807) is 0 Å². The molecule has 0 fully saturated rings. The number of nitro groups is 1. The molecule has 0 spiro atoms. The van der Waals surface area contributed by atoms with E-state index >= 15 is 0 Å². The van der Waals surface area contributed by atoms with E-state index in [2.05, 4.69) is 21.2 Å². The molecular formula is C12H14BrFN2O4. The van der Waals surface area contributed by atoms with Gasteiger partial charge in [-0.25, -0.2) is 4.39 Å². The number of benzene rings is 1. The van der Waals surface area contributed by atoms with E-state index in [0.29, 0.717) is 12.8 Å². The normalized spacial score (nSPS) is 11.9. The highest BCUT2D eigenvalue weighted by Gasteiger charge is 2.21. The van der Waals surface area contributed by atoms with Crippen LogP contribution < -0.4 is 5.32 Å². The van der Waals surface area contributed by atoms with E-state index in [1.165, 1.54) is 0 Å². The van der Waals surface area contributed by atoms with Crippen molar-refractivity contribution in [3.05, 3.63) is 32.5 Å². The summed E-state index contributed by atoms with van der Waals surface area (Å²) in [6, 6.07) is 2.03. The molecular weight excluding hydrogens is 335 g/mol. The Balaban J connectivity index is 2.93. The third-order valence-corrected chi connectivity index (χ3v) is 3.37. The molecule has 6 nitrogen and oxygen atoms in total. The van der Waals surface area contributed by atoms with Crippen LogP contribution in [0.5, 0.6) is 0 Å². The molecule has 0 amide bonds. The lowest BCUT2D eigenvalue weighted by atomic mass is 10.0. The fraction of sp³-hybridized carbons (Fsp3) is 0.417. The van der Waals surface area contributed by atoms with E-state index in [4.69, 9.17) is 5.11 Å². The van der Waals surface area contributed by atoms with Crippen molar-refractivity contribution in [3.63, 3.8) is 0 Å². The number of aliphatic carboxylic acids is 1. The first kappa shape index (κ1) is 16.4. The minimum absolute atomic E-state index is 0.00505. The lowest BCUT2D eigenvalue weighted by Gasteiger charge is -2.13. The molecule has 2 N–H and O–H groups in total. The first-order valence-corrected chi connectivity index (χ1v) is 6.76. The van der Waals surface area contributed by atoms with Crippen LogP contribution in [-0.2, 0) is 4.79 Å². The average molecular weight is 349 g/mol. The highest BCUT2D eigenvalue weighted by Crippen LogP contribution is 2.30. The van der Waals surface area contributed by atoms with Crippen molar-refractivity contribution >= 4 is 33.3 Å². The van der Waals surface area contributed by atoms with Crippen LogP contribution in [0.25, 0.3) is 0 Å². The Kier molecular flexibility index (Phi) is 5.87. The number of halogens is 2. The standard InChI is InChI=1S/C12H14BrFN2O4/c1-2-3-7(12(17)18)6-15-10-5-9(14)8(13)4-11(10)16(19)20/h4-5,7,15H,2-3,6H2,1H3,(H,17,18). The van der Waals surface area contributed by atoms with E-state index < -0.39 is 22.6 Å². The maximum absolute atomic E-state index is 13.4. The Morgan fingerprint density at radius 3 is 2.75 bits per heavy atom. The van der Waals surface area contributed by atoms with Crippen LogP contribution in [0.3, 0.4) is 0 Å². The van der Waals surface area contributed by atoms with Gasteiger partial charge in [-0.1, -0.05) is 13.3 Å². The fourth-order valence-corrected chi connectivity index (χ4v) is 2.05. The second kappa shape index (κ2) is 7.18. The number of nitrogens with one attached hydrogen (secondary N) is 1. The third kappa shape index (κ3) is 4.16. The topological polar surface area (TPSA) is 92.5 Å². The van der Waals surface area contributed by atoms with Crippen molar-refractivity contribution in [2.75, 3.05) is 11.9 Å². The quantitative estimate of drug-likeness (QED) is 0.581. The third-order valence-electron chi connectivity index (χ3n) is 2.76. The summed E-state index contributed by atoms with van der Waals surface area (Å²) in [7, 11) is 0. The zero-order valence-electron chi connectivity index (χ0n) is 10.7. The van der Waals surface area contributed by atoms with Crippen LogP contribution in [-0.4, -0.2) is 22.5 Å². The summed E-state index contributed by atoms with van der Waals surface area (Å²) in [5.41, 5.74) is -0.336. The number of rotatable bonds is 7. The van der Waals surface area contributed by atoms with Gasteiger partial charge in [0, 0.05) is 18.7 Å². The molecule has 0 aliphatic carbocycles. The van der Waals surface area contributed by atoms with Crippen molar-refractivity contribution in [2.45, 2.75) is 19.8 Å². The van der Waals surface area contributed by atoms with Crippen molar-refractivity contribution in [1.29, 1.82) is 0 Å². The Hall–Kier alpha value is -1.70. The van der Waals surface area contributed by atoms with Crippen molar-refractivity contribution in [2.24, 2.45) is 5.92 Å². The molecule has 0 aliphatic rings. The molecule has 0 saturated carbocycles. The Morgan fingerprint density at radius 2 is 2.25 bits per heavy atom. The van der Waals surface area contributed by atoms with Gasteiger partial charge in [0.15, 0.2) is 0 Å². The summed E-state index contributed by atoms with van der Waals surface area (Å²) in [4.78, 5) is 21.2. The van der Waals surface area contributed by atoms with Crippen LogP contribution >= 0.6 is 15.9 Å². The van der Waals surface area contributed by atoms with E-state index in [-0.39, 0.29) is 22.4 Å². The SMILES string of the molecule is CCCC(CNc1cc(F)c(Br)cc1[N+](=O)[O-])C(=O)O. The Bertz CT molecular complexity index is 524. The van der Waals surface area contributed by atoms with Gasteiger partial charge in [0.25, 0.3) is 5.69 Å². The molecule has 20 heavy (non-hydrogen) atoms.